The molecule has 0 spiro atoms. The zero-order chi connectivity index (χ0) is 18.8. The molecule has 0 fully saturated rings. The van der Waals surface area contributed by atoms with Gasteiger partial charge < -0.3 is 14.4 Å². The number of amides is 1. The second-order valence-corrected chi connectivity index (χ2v) is 6.71. The molecule has 0 bridgehead atoms. The van der Waals surface area contributed by atoms with Gasteiger partial charge in [-0.25, -0.2) is 0 Å². The van der Waals surface area contributed by atoms with Crippen LogP contribution in [0.5, 0.6) is 0 Å². The number of hydrogen-bond donors (Lipinski definition) is 1. The molecular weight excluding hydrogens is 364 g/mol. The van der Waals surface area contributed by atoms with Gasteiger partial charge in [-0.2, -0.15) is 4.98 Å². The van der Waals surface area contributed by atoms with Crippen LogP contribution in [0.15, 0.2) is 59.1 Å². The average Bonchev–Trinajstić information content (AvgIpc) is 3.32. The number of halogens is 1. The molecule has 0 aliphatic carbocycles. The van der Waals surface area contributed by atoms with Crippen LogP contribution >= 0.6 is 11.6 Å². The molecule has 0 radical (unpaired) electrons. The van der Waals surface area contributed by atoms with Crippen LogP contribution in [-0.2, 0) is 6.42 Å². The first-order chi connectivity index (χ1) is 13.1. The van der Waals surface area contributed by atoms with Gasteiger partial charge in [0.2, 0.25) is 0 Å². The number of para-hydroxylation sites is 1. The fraction of sp³-hybridized carbons (Fsp3) is 0.150. The highest BCUT2D eigenvalue weighted by Gasteiger charge is 2.15. The molecular formula is C20H17ClN4O2. The van der Waals surface area contributed by atoms with Crippen molar-refractivity contribution in [1.29, 1.82) is 0 Å². The molecule has 6 nitrogen and oxygen atoms in total. The number of carbonyl (C=O) groups is 1. The van der Waals surface area contributed by atoms with Crippen molar-refractivity contribution in [2.45, 2.75) is 6.42 Å². The first-order valence-electron chi connectivity index (χ1n) is 8.52. The highest BCUT2D eigenvalue weighted by molar-refractivity contribution is 6.30. The average molecular weight is 381 g/mol. The lowest BCUT2D eigenvalue weighted by molar-refractivity contribution is 0.0796. The zero-order valence-electron chi connectivity index (χ0n) is 14.6. The van der Waals surface area contributed by atoms with Crippen LogP contribution in [0, 0.1) is 0 Å². The van der Waals surface area contributed by atoms with E-state index in [4.69, 9.17) is 16.1 Å². The van der Waals surface area contributed by atoms with E-state index in [0.29, 0.717) is 35.3 Å². The maximum atomic E-state index is 12.4. The van der Waals surface area contributed by atoms with Crippen molar-refractivity contribution >= 4 is 28.4 Å². The first kappa shape index (κ1) is 17.3. The van der Waals surface area contributed by atoms with Gasteiger partial charge in [0.1, 0.15) is 5.69 Å². The van der Waals surface area contributed by atoms with E-state index in [2.05, 4.69) is 15.1 Å². The third-order valence-corrected chi connectivity index (χ3v) is 4.59. The van der Waals surface area contributed by atoms with E-state index in [9.17, 15) is 4.79 Å². The molecule has 2 aromatic heterocycles. The SMILES string of the molecule is CN(CCc1noc(-c2cc3ccccc3[nH]2)n1)C(=O)c1ccc(Cl)cc1. The molecule has 0 aliphatic rings. The lowest BCUT2D eigenvalue weighted by Gasteiger charge is -2.16. The van der Waals surface area contributed by atoms with E-state index in [1.165, 1.54) is 0 Å². The molecule has 0 unspecified atom stereocenters. The van der Waals surface area contributed by atoms with Gasteiger partial charge in [-0.15, -0.1) is 0 Å². The Kier molecular flexibility index (Phi) is 4.64. The van der Waals surface area contributed by atoms with Crippen LogP contribution < -0.4 is 0 Å². The summed E-state index contributed by atoms with van der Waals surface area (Å²) in [7, 11) is 1.75. The Hall–Kier alpha value is -3.12. The number of nitrogens with zero attached hydrogens (tertiary/aromatic N) is 3. The van der Waals surface area contributed by atoms with E-state index < -0.39 is 0 Å². The van der Waals surface area contributed by atoms with Crippen molar-refractivity contribution in [3.8, 4) is 11.6 Å². The van der Waals surface area contributed by atoms with Gasteiger partial charge in [-0.3, -0.25) is 4.79 Å². The van der Waals surface area contributed by atoms with Gasteiger partial charge in [0.25, 0.3) is 11.8 Å². The second kappa shape index (κ2) is 7.25. The third-order valence-electron chi connectivity index (χ3n) is 4.34. The quantitative estimate of drug-likeness (QED) is 0.563. The number of nitrogens with one attached hydrogen (secondary N) is 1. The van der Waals surface area contributed by atoms with E-state index in [1.54, 1.807) is 36.2 Å². The van der Waals surface area contributed by atoms with Crippen LogP contribution in [0.3, 0.4) is 0 Å². The predicted molar refractivity (Wildman–Crippen MR) is 104 cm³/mol. The number of hydrogen-bond acceptors (Lipinski definition) is 4. The Morgan fingerprint density at radius 3 is 2.74 bits per heavy atom. The summed E-state index contributed by atoms with van der Waals surface area (Å²) in [4.78, 5) is 21.7. The van der Waals surface area contributed by atoms with Crippen molar-refractivity contribution in [3.63, 3.8) is 0 Å². The zero-order valence-corrected chi connectivity index (χ0v) is 15.4. The van der Waals surface area contributed by atoms with E-state index in [-0.39, 0.29) is 5.91 Å². The number of likely N-dealkylation sites (N-methyl/N-ethyl adjacent to an activating group) is 1. The van der Waals surface area contributed by atoms with Gasteiger partial charge >= 0.3 is 0 Å². The first-order valence-corrected chi connectivity index (χ1v) is 8.90. The smallest absolute Gasteiger partial charge is 0.274 e. The number of fused-ring (bicyclic) bond motifs is 1. The van der Waals surface area contributed by atoms with Gasteiger partial charge in [-0.1, -0.05) is 35.0 Å². The van der Waals surface area contributed by atoms with Crippen molar-refractivity contribution in [3.05, 3.63) is 71.0 Å². The Balaban J connectivity index is 1.41. The Labute approximate surface area is 160 Å². The molecule has 2 heterocycles. The molecule has 2 aromatic carbocycles. The van der Waals surface area contributed by atoms with Crippen molar-refractivity contribution in [2.75, 3.05) is 13.6 Å². The maximum Gasteiger partial charge on any atom is 0.274 e. The summed E-state index contributed by atoms with van der Waals surface area (Å²) in [5, 5.41) is 5.70. The van der Waals surface area contributed by atoms with Crippen LogP contribution in [0.25, 0.3) is 22.5 Å². The van der Waals surface area contributed by atoms with Crippen molar-refractivity contribution in [2.24, 2.45) is 0 Å². The van der Waals surface area contributed by atoms with Crippen LogP contribution in [0.2, 0.25) is 5.02 Å². The van der Waals surface area contributed by atoms with Crippen molar-refractivity contribution in [1.82, 2.24) is 20.0 Å². The van der Waals surface area contributed by atoms with E-state index in [0.717, 1.165) is 16.6 Å². The summed E-state index contributed by atoms with van der Waals surface area (Å²) >= 11 is 5.86. The Bertz CT molecular complexity index is 1050. The second-order valence-electron chi connectivity index (χ2n) is 6.27. The molecule has 1 N–H and O–H groups in total. The topological polar surface area (TPSA) is 75.0 Å². The lowest BCUT2D eigenvalue weighted by atomic mass is 10.2. The maximum absolute atomic E-state index is 12.4. The number of aromatic amines is 1. The minimum atomic E-state index is -0.0778. The summed E-state index contributed by atoms with van der Waals surface area (Å²) in [5.74, 6) is 0.915. The fourth-order valence-corrected chi connectivity index (χ4v) is 2.96. The molecule has 1 amide bonds. The molecule has 0 atom stereocenters. The van der Waals surface area contributed by atoms with E-state index >= 15 is 0 Å². The molecule has 0 saturated carbocycles. The highest BCUT2D eigenvalue weighted by atomic mass is 35.5. The Morgan fingerprint density at radius 2 is 1.96 bits per heavy atom. The molecule has 4 aromatic rings. The molecule has 136 valence electrons. The summed E-state index contributed by atoms with van der Waals surface area (Å²) in [6, 6.07) is 16.8. The predicted octanol–water partition coefficient (Wildman–Crippen LogP) is 4.19. The number of rotatable bonds is 5. The normalized spacial score (nSPS) is 11.0. The summed E-state index contributed by atoms with van der Waals surface area (Å²) in [6.45, 7) is 0.479. The van der Waals surface area contributed by atoms with Crippen LogP contribution in [0.4, 0.5) is 0 Å². The fourth-order valence-electron chi connectivity index (χ4n) is 2.84. The largest absolute Gasteiger partial charge is 0.351 e. The third kappa shape index (κ3) is 3.71. The van der Waals surface area contributed by atoms with Crippen molar-refractivity contribution < 1.29 is 9.32 Å². The molecule has 0 aliphatic heterocycles. The highest BCUT2D eigenvalue weighted by Crippen LogP contribution is 2.22. The van der Waals surface area contributed by atoms with Gasteiger partial charge in [0.05, 0.1) is 0 Å². The lowest BCUT2D eigenvalue weighted by Crippen LogP contribution is -2.29. The monoisotopic (exact) mass is 380 g/mol. The van der Waals surface area contributed by atoms with Gasteiger partial charge in [-0.05, 0) is 36.4 Å². The Morgan fingerprint density at radius 1 is 1.19 bits per heavy atom. The molecule has 7 heteroatoms. The number of carbonyl (C=O) groups excluding carboxylic acids is 1. The number of aromatic nitrogens is 3. The molecule has 4 rings (SSSR count). The van der Waals surface area contributed by atoms with Crippen LogP contribution in [-0.4, -0.2) is 39.5 Å². The van der Waals surface area contributed by atoms with Gasteiger partial charge in [0, 0.05) is 41.5 Å². The van der Waals surface area contributed by atoms with E-state index in [1.807, 2.05) is 30.3 Å². The number of benzene rings is 2. The van der Waals surface area contributed by atoms with Crippen LogP contribution in [0.1, 0.15) is 16.2 Å². The summed E-state index contributed by atoms with van der Waals surface area (Å²) in [6.07, 6.45) is 0.500. The summed E-state index contributed by atoms with van der Waals surface area (Å²) < 4.78 is 5.36. The summed E-state index contributed by atoms with van der Waals surface area (Å²) in [5.41, 5.74) is 2.38. The minimum Gasteiger partial charge on any atom is -0.351 e. The van der Waals surface area contributed by atoms with Gasteiger partial charge in [0.15, 0.2) is 5.82 Å². The molecule has 27 heavy (non-hydrogen) atoms. The number of H-pyrrole nitrogens is 1. The standard InChI is InChI=1S/C20H17ClN4O2/c1-25(20(26)13-6-8-15(21)9-7-13)11-10-18-23-19(27-24-18)17-12-14-4-2-3-5-16(14)22-17/h2-9,12,22H,10-11H2,1H3. The minimum absolute atomic E-state index is 0.0778. The molecule has 0 saturated heterocycles.